The average Bonchev–Trinajstić information content (AvgIpc) is 2.54. The Morgan fingerprint density at radius 1 is 1.09 bits per heavy atom. The average molecular weight is 317 g/mol. The molecule has 9 nitrogen and oxygen atoms in total. The maximum Gasteiger partial charge on any atom is 0.331 e. The van der Waals surface area contributed by atoms with Gasteiger partial charge in [0.05, 0.1) is 6.54 Å². The number of hydrogen-bond acceptors (Lipinski definition) is 5. The van der Waals surface area contributed by atoms with Crippen molar-refractivity contribution in [3.8, 4) is 6.07 Å². The number of hydrogen-bond donors (Lipinski definition) is 0. The first-order valence-corrected chi connectivity index (χ1v) is 6.82. The van der Waals surface area contributed by atoms with Gasteiger partial charge in [-0.15, -0.1) is 0 Å². The molecule has 0 N–H and O–H groups in total. The van der Waals surface area contributed by atoms with Crippen molar-refractivity contribution >= 4 is 0 Å². The van der Waals surface area contributed by atoms with E-state index in [1.54, 1.807) is 13.0 Å². The molecule has 2 aromatic rings. The number of nitrogens with zero attached hydrogens (tertiary/aromatic N) is 5. The SMILES string of the molecule is CCn1cc(C#N)c(=O)n(Cc2cc(=O)n(C)c(=O)n2C)c1=O. The highest BCUT2D eigenvalue weighted by Gasteiger charge is 2.13. The third-order valence-corrected chi connectivity index (χ3v) is 3.64. The van der Waals surface area contributed by atoms with E-state index in [2.05, 4.69) is 0 Å². The highest BCUT2D eigenvalue weighted by atomic mass is 16.2. The minimum absolute atomic E-state index is 0.180. The van der Waals surface area contributed by atoms with Gasteiger partial charge in [0.25, 0.3) is 11.1 Å². The van der Waals surface area contributed by atoms with Crippen molar-refractivity contribution in [1.82, 2.24) is 18.3 Å². The van der Waals surface area contributed by atoms with Gasteiger partial charge < -0.3 is 0 Å². The quantitative estimate of drug-likeness (QED) is 0.673. The van der Waals surface area contributed by atoms with Crippen molar-refractivity contribution in [2.75, 3.05) is 0 Å². The Hall–Kier alpha value is -3.15. The lowest BCUT2D eigenvalue weighted by molar-refractivity contribution is 0.564. The standard InChI is InChI=1S/C14H15N5O4/c1-4-18-7-9(6-15)12(21)19(14(18)23)8-10-5-11(20)17(3)13(22)16(10)2/h5,7H,4,8H2,1-3H3. The van der Waals surface area contributed by atoms with Gasteiger partial charge in [-0.1, -0.05) is 0 Å². The van der Waals surface area contributed by atoms with Crippen molar-refractivity contribution < 1.29 is 0 Å². The number of nitriles is 1. The third kappa shape index (κ3) is 2.66. The van der Waals surface area contributed by atoms with Gasteiger partial charge in [0.2, 0.25) is 0 Å². The molecule has 2 heterocycles. The van der Waals surface area contributed by atoms with Gasteiger partial charge in [-0.05, 0) is 6.92 Å². The monoisotopic (exact) mass is 317 g/mol. The van der Waals surface area contributed by atoms with Crippen LogP contribution in [0.3, 0.4) is 0 Å². The summed E-state index contributed by atoms with van der Waals surface area (Å²) in [5.41, 5.74) is -2.44. The van der Waals surface area contributed by atoms with E-state index in [1.165, 1.54) is 35.5 Å². The Morgan fingerprint density at radius 3 is 2.30 bits per heavy atom. The highest BCUT2D eigenvalue weighted by Crippen LogP contribution is 1.94. The van der Waals surface area contributed by atoms with Crippen molar-refractivity contribution in [3.63, 3.8) is 0 Å². The molecule has 0 radical (unpaired) electrons. The van der Waals surface area contributed by atoms with Crippen LogP contribution in [-0.4, -0.2) is 18.3 Å². The van der Waals surface area contributed by atoms with Crippen molar-refractivity contribution in [1.29, 1.82) is 5.26 Å². The van der Waals surface area contributed by atoms with Crippen LogP contribution in [0.2, 0.25) is 0 Å². The Morgan fingerprint density at radius 2 is 1.74 bits per heavy atom. The summed E-state index contributed by atoms with van der Waals surface area (Å²) in [6, 6.07) is 2.93. The Balaban J connectivity index is 2.74. The predicted octanol–water partition coefficient (Wildman–Crippen LogP) is -1.65. The van der Waals surface area contributed by atoms with Crippen LogP contribution in [0.25, 0.3) is 0 Å². The van der Waals surface area contributed by atoms with Crippen LogP contribution in [0.4, 0.5) is 0 Å². The van der Waals surface area contributed by atoms with E-state index in [-0.39, 0.29) is 24.3 Å². The van der Waals surface area contributed by atoms with Gasteiger partial charge in [0.15, 0.2) is 0 Å². The zero-order chi connectivity index (χ0) is 17.3. The minimum atomic E-state index is -0.754. The highest BCUT2D eigenvalue weighted by molar-refractivity contribution is 5.23. The van der Waals surface area contributed by atoms with E-state index >= 15 is 0 Å². The van der Waals surface area contributed by atoms with Crippen LogP contribution in [0.5, 0.6) is 0 Å². The van der Waals surface area contributed by atoms with Gasteiger partial charge >= 0.3 is 11.4 Å². The molecular formula is C14H15N5O4. The summed E-state index contributed by atoms with van der Waals surface area (Å²) in [7, 11) is 2.77. The van der Waals surface area contributed by atoms with Crippen LogP contribution in [0.15, 0.2) is 31.4 Å². The Labute approximate surface area is 129 Å². The molecule has 0 spiro atoms. The van der Waals surface area contributed by atoms with E-state index in [0.717, 1.165) is 9.13 Å². The van der Waals surface area contributed by atoms with E-state index < -0.39 is 22.5 Å². The zero-order valence-corrected chi connectivity index (χ0v) is 12.9. The van der Waals surface area contributed by atoms with Gasteiger partial charge in [-0.25, -0.2) is 9.59 Å². The molecule has 0 amide bonds. The second-order valence-electron chi connectivity index (χ2n) is 4.99. The summed E-state index contributed by atoms with van der Waals surface area (Å²) in [5.74, 6) is 0. The van der Waals surface area contributed by atoms with E-state index in [1.807, 2.05) is 0 Å². The number of aromatic nitrogens is 4. The first kappa shape index (κ1) is 16.2. The van der Waals surface area contributed by atoms with Crippen LogP contribution < -0.4 is 22.5 Å². The second kappa shape index (κ2) is 5.92. The lowest BCUT2D eigenvalue weighted by Crippen LogP contribution is -2.43. The summed E-state index contributed by atoms with van der Waals surface area (Å²) in [6.07, 6.45) is 1.20. The molecule has 2 rings (SSSR count). The van der Waals surface area contributed by atoms with Crippen molar-refractivity contribution in [3.05, 3.63) is 65.2 Å². The van der Waals surface area contributed by atoms with Gasteiger partial charge in [-0.3, -0.25) is 27.9 Å². The Kier molecular flexibility index (Phi) is 4.18. The van der Waals surface area contributed by atoms with Gasteiger partial charge in [0, 0.05) is 38.6 Å². The third-order valence-electron chi connectivity index (χ3n) is 3.64. The lowest BCUT2D eigenvalue weighted by Gasteiger charge is -2.12. The predicted molar refractivity (Wildman–Crippen MR) is 81.4 cm³/mol. The lowest BCUT2D eigenvalue weighted by atomic mass is 10.3. The first-order valence-electron chi connectivity index (χ1n) is 6.82. The molecule has 0 unspecified atom stereocenters. The molecule has 0 atom stereocenters. The Bertz CT molecular complexity index is 1050. The first-order chi connectivity index (χ1) is 10.8. The molecule has 9 heteroatoms. The number of rotatable bonds is 3. The fourth-order valence-electron chi connectivity index (χ4n) is 2.19. The summed E-state index contributed by atoms with van der Waals surface area (Å²) in [4.78, 5) is 48.2. The molecule has 0 aliphatic heterocycles. The zero-order valence-electron chi connectivity index (χ0n) is 12.9. The maximum atomic E-state index is 12.3. The molecule has 23 heavy (non-hydrogen) atoms. The van der Waals surface area contributed by atoms with E-state index in [0.29, 0.717) is 0 Å². The van der Waals surface area contributed by atoms with Crippen LogP contribution in [0, 0.1) is 11.3 Å². The number of aryl methyl sites for hydroxylation is 1. The fourth-order valence-corrected chi connectivity index (χ4v) is 2.19. The van der Waals surface area contributed by atoms with E-state index in [9.17, 15) is 19.2 Å². The topological polar surface area (TPSA) is 112 Å². The molecule has 0 aliphatic carbocycles. The van der Waals surface area contributed by atoms with Gasteiger partial charge in [-0.2, -0.15) is 5.26 Å². The molecule has 0 bridgehead atoms. The molecular weight excluding hydrogens is 302 g/mol. The summed E-state index contributed by atoms with van der Waals surface area (Å²) < 4.78 is 4.17. The minimum Gasteiger partial charge on any atom is -0.299 e. The molecule has 2 aromatic heterocycles. The maximum absolute atomic E-state index is 12.3. The molecule has 0 saturated heterocycles. The largest absolute Gasteiger partial charge is 0.331 e. The summed E-state index contributed by atoms with van der Waals surface area (Å²) in [5, 5.41) is 9.01. The van der Waals surface area contributed by atoms with Crippen LogP contribution in [-0.2, 0) is 27.2 Å². The molecule has 0 aliphatic rings. The van der Waals surface area contributed by atoms with Crippen molar-refractivity contribution in [2.45, 2.75) is 20.0 Å². The smallest absolute Gasteiger partial charge is 0.299 e. The van der Waals surface area contributed by atoms with Crippen molar-refractivity contribution in [2.24, 2.45) is 14.1 Å². The second-order valence-corrected chi connectivity index (χ2v) is 4.99. The summed E-state index contributed by atoms with van der Waals surface area (Å²) in [6.45, 7) is 1.71. The van der Waals surface area contributed by atoms with Crippen LogP contribution in [0.1, 0.15) is 18.2 Å². The normalized spacial score (nSPS) is 10.5. The fraction of sp³-hybridized carbons (Fsp3) is 0.357. The van der Waals surface area contributed by atoms with Gasteiger partial charge in [0.1, 0.15) is 11.6 Å². The molecule has 120 valence electrons. The molecule has 0 fully saturated rings. The molecule has 0 saturated carbocycles. The molecule has 0 aromatic carbocycles. The van der Waals surface area contributed by atoms with E-state index in [4.69, 9.17) is 5.26 Å². The summed E-state index contributed by atoms with van der Waals surface area (Å²) >= 11 is 0. The van der Waals surface area contributed by atoms with Crippen LogP contribution >= 0.6 is 0 Å².